The van der Waals surface area contributed by atoms with Crippen molar-refractivity contribution in [1.29, 1.82) is 0 Å². The summed E-state index contributed by atoms with van der Waals surface area (Å²) in [6.45, 7) is 1.39. The van der Waals surface area contributed by atoms with Crippen LogP contribution in [-0.4, -0.2) is 15.9 Å². The molecule has 0 aliphatic heterocycles. The third-order valence-corrected chi connectivity index (χ3v) is 3.38. The first-order chi connectivity index (χ1) is 12.0. The van der Waals surface area contributed by atoms with Crippen LogP contribution in [0.4, 0.5) is 27.4 Å². The SMILES string of the molecule is CC(=O)Nc1ccccc1-c1nc(Nc2cccc(N)c2)ncc1F. The molecule has 1 amide bonds. The molecule has 25 heavy (non-hydrogen) atoms. The Balaban J connectivity index is 1.99. The number of hydrogen-bond acceptors (Lipinski definition) is 5. The lowest BCUT2D eigenvalue weighted by Crippen LogP contribution is -2.08. The van der Waals surface area contributed by atoms with E-state index >= 15 is 0 Å². The van der Waals surface area contributed by atoms with Crippen LogP contribution >= 0.6 is 0 Å². The first-order valence-corrected chi connectivity index (χ1v) is 7.55. The van der Waals surface area contributed by atoms with Gasteiger partial charge in [0.05, 0.1) is 11.9 Å². The van der Waals surface area contributed by atoms with Crippen molar-refractivity contribution >= 4 is 28.9 Å². The highest BCUT2D eigenvalue weighted by atomic mass is 19.1. The minimum Gasteiger partial charge on any atom is -0.399 e. The van der Waals surface area contributed by atoms with Crippen LogP contribution in [0.3, 0.4) is 0 Å². The van der Waals surface area contributed by atoms with Gasteiger partial charge < -0.3 is 16.4 Å². The van der Waals surface area contributed by atoms with Crippen molar-refractivity contribution in [2.75, 3.05) is 16.4 Å². The second kappa shape index (κ2) is 6.96. The molecule has 0 aliphatic rings. The van der Waals surface area contributed by atoms with E-state index in [-0.39, 0.29) is 17.5 Å². The molecule has 126 valence electrons. The number of nitrogen functional groups attached to an aromatic ring is 1. The number of anilines is 4. The number of hydrogen-bond donors (Lipinski definition) is 3. The molecule has 0 saturated carbocycles. The van der Waals surface area contributed by atoms with Gasteiger partial charge in [-0.3, -0.25) is 4.79 Å². The van der Waals surface area contributed by atoms with E-state index < -0.39 is 5.82 Å². The summed E-state index contributed by atoms with van der Waals surface area (Å²) in [5.74, 6) is -0.615. The van der Waals surface area contributed by atoms with Gasteiger partial charge in [0.25, 0.3) is 0 Å². The maximum Gasteiger partial charge on any atom is 0.227 e. The number of aromatic nitrogens is 2. The van der Waals surface area contributed by atoms with E-state index in [0.29, 0.717) is 22.6 Å². The summed E-state index contributed by atoms with van der Waals surface area (Å²) in [6, 6.07) is 13.9. The number of nitrogens with two attached hydrogens (primary N) is 1. The summed E-state index contributed by atoms with van der Waals surface area (Å²) >= 11 is 0. The quantitative estimate of drug-likeness (QED) is 0.633. The monoisotopic (exact) mass is 337 g/mol. The van der Waals surface area contributed by atoms with Gasteiger partial charge in [0.1, 0.15) is 5.69 Å². The average Bonchev–Trinajstić information content (AvgIpc) is 2.57. The predicted octanol–water partition coefficient (Wildman–Crippen LogP) is 3.57. The second-order valence-electron chi connectivity index (χ2n) is 5.37. The molecule has 3 rings (SSSR count). The lowest BCUT2D eigenvalue weighted by atomic mass is 10.1. The number of para-hydroxylation sites is 1. The zero-order valence-electron chi connectivity index (χ0n) is 13.5. The number of nitrogens with one attached hydrogen (secondary N) is 2. The van der Waals surface area contributed by atoms with Crippen molar-refractivity contribution < 1.29 is 9.18 Å². The van der Waals surface area contributed by atoms with Crippen molar-refractivity contribution in [2.45, 2.75) is 6.92 Å². The van der Waals surface area contributed by atoms with Crippen LogP contribution in [-0.2, 0) is 4.79 Å². The first-order valence-electron chi connectivity index (χ1n) is 7.55. The van der Waals surface area contributed by atoms with Gasteiger partial charge in [-0.25, -0.2) is 14.4 Å². The van der Waals surface area contributed by atoms with E-state index in [1.165, 1.54) is 6.92 Å². The molecule has 4 N–H and O–H groups in total. The van der Waals surface area contributed by atoms with Gasteiger partial charge in [-0.1, -0.05) is 24.3 Å². The Morgan fingerprint density at radius 3 is 2.72 bits per heavy atom. The van der Waals surface area contributed by atoms with Gasteiger partial charge in [0.2, 0.25) is 11.9 Å². The van der Waals surface area contributed by atoms with Crippen LogP contribution in [0.15, 0.2) is 54.7 Å². The number of carbonyl (C=O) groups is 1. The number of amides is 1. The molecular formula is C18H16FN5O. The van der Waals surface area contributed by atoms with Crippen LogP contribution < -0.4 is 16.4 Å². The Kier molecular flexibility index (Phi) is 4.56. The van der Waals surface area contributed by atoms with E-state index in [2.05, 4.69) is 20.6 Å². The van der Waals surface area contributed by atoms with Gasteiger partial charge in [-0.15, -0.1) is 0 Å². The summed E-state index contributed by atoms with van der Waals surface area (Å²) in [5, 5.41) is 5.66. The Morgan fingerprint density at radius 1 is 1.16 bits per heavy atom. The summed E-state index contributed by atoms with van der Waals surface area (Å²) in [6.07, 6.45) is 1.08. The Hall–Kier alpha value is -3.48. The molecular weight excluding hydrogens is 321 g/mol. The van der Waals surface area contributed by atoms with Crippen molar-refractivity contribution in [1.82, 2.24) is 9.97 Å². The summed E-state index contributed by atoms with van der Waals surface area (Å²) in [4.78, 5) is 19.6. The van der Waals surface area contributed by atoms with Gasteiger partial charge in [-0.2, -0.15) is 0 Å². The Morgan fingerprint density at radius 2 is 1.96 bits per heavy atom. The van der Waals surface area contributed by atoms with E-state index in [4.69, 9.17) is 5.73 Å². The third-order valence-electron chi connectivity index (χ3n) is 3.38. The molecule has 0 fully saturated rings. The Bertz CT molecular complexity index is 929. The fraction of sp³-hybridized carbons (Fsp3) is 0.0556. The summed E-state index contributed by atoms with van der Waals surface area (Å²) < 4.78 is 14.3. The molecule has 1 heterocycles. The molecule has 1 aromatic heterocycles. The van der Waals surface area contributed by atoms with Crippen LogP contribution in [0, 0.1) is 5.82 Å². The predicted molar refractivity (Wildman–Crippen MR) is 95.9 cm³/mol. The minimum atomic E-state index is -0.587. The van der Waals surface area contributed by atoms with E-state index in [1.807, 2.05) is 0 Å². The second-order valence-corrected chi connectivity index (χ2v) is 5.37. The van der Waals surface area contributed by atoms with Crippen molar-refractivity contribution in [3.8, 4) is 11.3 Å². The van der Waals surface area contributed by atoms with Crippen LogP contribution in [0.5, 0.6) is 0 Å². The molecule has 0 saturated heterocycles. The lowest BCUT2D eigenvalue weighted by molar-refractivity contribution is -0.114. The van der Waals surface area contributed by atoms with Crippen LogP contribution in [0.1, 0.15) is 6.92 Å². The molecule has 0 spiro atoms. The van der Waals surface area contributed by atoms with E-state index in [9.17, 15) is 9.18 Å². The molecule has 3 aromatic rings. The topological polar surface area (TPSA) is 92.9 Å². The molecule has 7 heteroatoms. The van der Waals surface area contributed by atoms with Gasteiger partial charge in [-0.05, 0) is 24.3 Å². The summed E-state index contributed by atoms with van der Waals surface area (Å²) in [5.41, 5.74) is 8.05. The molecule has 6 nitrogen and oxygen atoms in total. The molecule has 0 aliphatic carbocycles. The summed E-state index contributed by atoms with van der Waals surface area (Å²) in [7, 11) is 0. The number of benzene rings is 2. The molecule has 0 radical (unpaired) electrons. The largest absolute Gasteiger partial charge is 0.399 e. The number of rotatable bonds is 4. The Labute approximate surface area is 143 Å². The van der Waals surface area contributed by atoms with Crippen molar-refractivity contribution in [3.63, 3.8) is 0 Å². The van der Waals surface area contributed by atoms with Crippen LogP contribution in [0.25, 0.3) is 11.3 Å². The maximum atomic E-state index is 14.3. The fourth-order valence-corrected chi connectivity index (χ4v) is 2.35. The maximum absolute atomic E-state index is 14.3. The normalized spacial score (nSPS) is 10.3. The van der Waals surface area contributed by atoms with Gasteiger partial charge in [0, 0.05) is 23.9 Å². The van der Waals surface area contributed by atoms with Gasteiger partial charge >= 0.3 is 0 Å². The number of nitrogens with zero attached hydrogens (tertiary/aromatic N) is 2. The highest BCUT2D eigenvalue weighted by Crippen LogP contribution is 2.29. The number of carbonyl (C=O) groups excluding carboxylic acids is 1. The zero-order valence-corrected chi connectivity index (χ0v) is 13.5. The first kappa shape index (κ1) is 16.4. The minimum absolute atomic E-state index is 0.0887. The van der Waals surface area contributed by atoms with Crippen LogP contribution in [0.2, 0.25) is 0 Å². The number of halogens is 1. The zero-order chi connectivity index (χ0) is 17.8. The smallest absolute Gasteiger partial charge is 0.227 e. The highest BCUT2D eigenvalue weighted by molar-refractivity contribution is 5.93. The average molecular weight is 337 g/mol. The lowest BCUT2D eigenvalue weighted by Gasteiger charge is -2.11. The molecule has 0 unspecified atom stereocenters. The van der Waals surface area contributed by atoms with Gasteiger partial charge in [0.15, 0.2) is 5.82 Å². The fourth-order valence-electron chi connectivity index (χ4n) is 2.35. The third kappa shape index (κ3) is 3.89. The molecule has 0 atom stereocenters. The molecule has 2 aromatic carbocycles. The van der Waals surface area contributed by atoms with Crippen molar-refractivity contribution in [3.05, 3.63) is 60.5 Å². The standard InChI is InChI=1S/C18H16FN5O/c1-11(25)22-16-8-3-2-7-14(16)17-15(19)10-21-18(24-17)23-13-6-4-5-12(20)9-13/h2-10H,20H2,1H3,(H,22,25)(H,21,23,24). The van der Waals surface area contributed by atoms with E-state index in [1.54, 1.807) is 48.5 Å². The molecule has 0 bridgehead atoms. The van der Waals surface area contributed by atoms with E-state index in [0.717, 1.165) is 6.20 Å². The highest BCUT2D eigenvalue weighted by Gasteiger charge is 2.14. The van der Waals surface area contributed by atoms with Crippen molar-refractivity contribution in [2.24, 2.45) is 0 Å².